The van der Waals surface area contributed by atoms with Crippen molar-refractivity contribution in [3.8, 4) is 17.2 Å². The first-order valence-electron chi connectivity index (χ1n) is 6.53. The van der Waals surface area contributed by atoms with Gasteiger partial charge >= 0.3 is 0 Å². The average molecular weight is 356 g/mol. The Labute approximate surface area is 137 Å². The lowest BCUT2D eigenvalue weighted by Crippen LogP contribution is -2.18. The zero-order valence-electron chi connectivity index (χ0n) is 12.5. The van der Waals surface area contributed by atoms with Gasteiger partial charge in [-0.15, -0.1) is 0 Å². The lowest BCUT2D eigenvalue weighted by molar-refractivity contribution is 0.480. The molecular weight excluding hydrogens is 340 g/mol. The summed E-state index contributed by atoms with van der Waals surface area (Å²) < 4.78 is 49.8. The molecule has 0 fully saturated rings. The van der Waals surface area contributed by atoms with Gasteiger partial charge in [-0.05, 0) is 62.6 Å². The standard InChI is InChI=1S/C14H16N2O5S2/c1-15-22(17)21-13-5-3-11(4-6-13)20-12-7-9-14(10-8-12)23(18,19)16-2/h3-10,15-16H,1-2H3. The fourth-order valence-electron chi connectivity index (χ4n) is 1.63. The molecule has 0 heterocycles. The van der Waals surface area contributed by atoms with E-state index in [1.165, 1.54) is 26.2 Å². The van der Waals surface area contributed by atoms with Gasteiger partial charge in [0.05, 0.1) is 4.90 Å². The molecule has 0 bridgehead atoms. The van der Waals surface area contributed by atoms with E-state index >= 15 is 0 Å². The third kappa shape index (κ3) is 4.76. The molecule has 2 aromatic rings. The van der Waals surface area contributed by atoms with Gasteiger partial charge in [0, 0.05) is 0 Å². The number of sulfonamides is 1. The Morgan fingerprint density at radius 2 is 1.35 bits per heavy atom. The molecule has 23 heavy (non-hydrogen) atoms. The molecule has 0 saturated carbocycles. The quantitative estimate of drug-likeness (QED) is 0.785. The largest absolute Gasteiger partial charge is 0.457 e. The van der Waals surface area contributed by atoms with Gasteiger partial charge < -0.3 is 8.92 Å². The van der Waals surface area contributed by atoms with E-state index in [9.17, 15) is 12.6 Å². The van der Waals surface area contributed by atoms with E-state index in [0.29, 0.717) is 17.2 Å². The summed E-state index contributed by atoms with van der Waals surface area (Å²) >= 11 is -1.59. The van der Waals surface area contributed by atoms with Gasteiger partial charge in [0.25, 0.3) is 11.3 Å². The van der Waals surface area contributed by atoms with Crippen LogP contribution >= 0.6 is 0 Å². The summed E-state index contributed by atoms with van der Waals surface area (Å²) in [6.45, 7) is 0. The Morgan fingerprint density at radius 1 is 0.870 bits per heavy atom. The molecule has 0 aliphatic rings. The summed E-state index contributed by atoms with van der Waals surface area (Å²) in [4.78, 5) is 0.158. The SMILES string of the molecule is CNS(=O)Oc1ccc(Oc2ccc(S(=O)(=O)NC)cc2)cc1. The van der Waals surface area contributed by atoms with Crippen molar-refractivity contribution in [1.29, 1.82) is 0 Å². The highest BCUT2D eigenvalue weighted by Gasteiger charge is 2.10. The summed E-state index contributed by atoms with van der Waals surface area (Å²) in [5.41, 5.74) is 0. The van der Waals surface area contributed by atoms with E-state index in [1.54, 1.807) is 36.4 Å². The van der Waals surface area contributed by atoms with E-state index in [-0.39, 0.29) is 4.90 Å². The van der Waals surface area contributed by atoms with Crippen LogP contribution in [0.2, 0.25) is 0 Å². The summed E-state index contributed by atoms with van der Waals surface area (Å²) in [7, 11) is -0.593. The lowest BCUT2D eigenvalue weighted by Gasteiger charge is -2.08. The van der Waals surface area contributed by atoms with Crippen LogP contribution in [-0.4, -0.2) is 26.7 Å². The molecule has 2 rings (SSSR count). The minimum absolute atomic E-state index is 0.158. The highest BCUT2D eigenvalue weighted by Crippen LogP contribution is 2.25. The van der Waals surface area contributed by atoms with Crippen molar-refractivity contribution in [3.05, 3.63) is 48.5 Å². The first-order valence-corrected chi connectivity index (χ1v) is 9.09. The van der Waals surface area contributed by atoms with Crippen molar-refractivity contribution in [3.63, 3.8) is 0 Å². The van der Waals surface area contributed by atoms with E-state index in [2.05, 4.69) is 9.44 Å². The second-order valence-electron chi connectivity index (χ2n) is 4.27. The number of benzene rings is 2. The molecule has 0 aliphatic heterocycles. The Morgan fingerprint density at radius 3 is 1.83 bits per heavy atom. The minimum Gasteiger partial charge on any atom is -0.457 e. The maximum atomic E-state index is 11.6. The zero-order valence-corrected chi connectivity index (χ0v) is 14.1. The van der Waals surface area contributed by atoms with Crippen LogP contribution in [0.5, 0.6) is 17.2 Å². The van der Waals surface area contributed by atoms with Crippen LogP contribution in [0, 0.1) is 0 Å². The number of ether oxygens (including phenoxy) is 1. The van der Waals surface area contributed by atoms with Gasteiger partial charge in [-0.1, -0.05) is 0 Å². The fourth-order valence-corrected chi connectivity index (χ4v) is 2.73. The molecule has 0 saturated heterocycles. The van der Waals surface area contributed by atoms with Crippen LogP contribution in [0.1, 0.15) is 0 Å². The zero-order chi connectivity index (χ0) is 16.9. The molecule has 0 aliphatic carbocycles. The summed E-state index contributed by atoms with van der Waals surface area (Å²) in [5, 5.41) is 0. The van der Waals surface area contributed by atoms with Crippen molar-refractivity contribution in [2.75, 3.05) is 14.1 Å². The molecule has 2 N–H and O–H groups in total. The first kappa shape index (κ1) is 17.4. The maximum Gasteiger partial charge on any atom is 0.287 e. The predicted molar refractivity (Wildman–Crippen MR) is 87.0 cm³/mol. The van der Waals surface area contributed by atoms with E-state index < -0.39 is 21.3 Å². The number of nitrogens with one attached hydrogen (secondary N) is 2. The van der Waals surface area contributed by atoms with Crippen molar-refractivity contribution in [1.82, 2.24) is 9.44 Å². The minimum atomic E-state index is -3.46. The van der Waals surface area contributed by atoms with Gasteiger partial charge in [-0.25, -0.2) is 17.9 Å². The highest BCUT2D eigenvalue weighted by molar-refractivity contribution is 7.89. The van der Waals surface area contributed by atoms with Gasteiger partial charge in [0.15, 0.2) is 0 Å². The molecule has 0 spiro atoms. The Bertz CT molecular complexity index is 774. The molecule has 9 heteroatoms. The van der Waals surface area contributed by atoms with E-state index in [4.69, 9.17) is 8.92 Å². The number of rotatable bonds is 7. The van der Waals surface area contributed by atoms with Crippen molar-refractivity contribution < 1.29 is 21.5 Å². The molecule has 2 aromatic carbocycles. The molecule has 0 amide bonds. The molecule has 7 nitrogen and oxygen atoms in total. The molecular formula is C14H16N2O5S2. The molecule has 124 valence electrons. The topological polar surface area (TPSA) is 93.7 Å². The van der Waals surface area contributed by atoms with E-state index in [0.717, 1.165) is 0 Å². The van der Waals surface area contributed by atoms with Crippen molar-refractivity contribution in [2.24, 2.45) is 0 Å². The predicted octanol–water partition coefficient (Wildman–Crippen LogP) is 1.56. The summed E-state index contributed by atoms with van der Waals surface area (Å²) in [5.74, 6) is 1.46. The van der Waals surface area contributed by atoms with Crippen LogP contribution in [0.4, 0.5) is 0 Å². The fraction of sp³-hybridized carbons (Fsp3) is 0.143. The number of hydrogen-bond donors (Lipinski definition) is 2. The van der Waals surface area contributed by atoms with E-state index in [1.807, 2.05) is 0 Å². The van der Waals surface area contributed by atoms with Crippen LogP contribution < -0.4 is 18.4 Å². The maximum absolute atomic E-state index is 11.6. The van der Waals surface area contributed by atoms with Crippen LogP contribution in [0.15, 0.2) is 53.4 Å². The van der Waals surface area contributed by atoms with Gasteiger partial charge in [-0.3, -0.25) is 0 Å². The normalized spacial score (nSPS) is 12.6. The first-order chi connectivity index (χ1) is 10.9. The number of hydrogen-bond acceptors (Lipinski definition) is 5. The molecule has 0 radical (unpaired) electrons. The van der Waals surface area contributed by atoms with Crippen molar-refractivity contribution in [2.45, 2.75) is 4.90 Å². The highest BCUT2D eigenvalue weighted by atomic mass is 32.2. The summed E-state index contributed by atoms with van der Waals surface area (Å²) in [6, 6.07) is 12.6. The lowest BCUT2D eigenvalue weighted by atomic mass is 10.3. The smallest absolute Gasteiger partial charge is 0.287 e. The average Bonchev–Trinajstić information content (AvgIpc) is 2.57. The van der Waals surface area contributed by atoms with Gasteiger partial charge in [0.2, 0.25) is 10.0 Å². The van der Waals surface area contributed by atoms with Crippen LogP contribution in [0.3, 0.4) is 0 Å². The molecule has 0 aromatic heterocycles. The third-order valence-corrected chi connectivity index (χ3v) is 4.91. The van der Waals surface area contributed by atoms with Gasteiger partial charge in [0.1, 0.15) is 17.2 Å². The summed E-state index contributed by atoms with van der Waals surface area (Å²) in [6.07, 6.45) is 0. The second-order valence-corrected chi connectivity index (χ2v) is 7.21. The van der Waals surface area contributed by atoms with Gasteiger partial charge in [-0.2, -0.15) is 4.21 Å². The Kier molecular flexibility index (Phi) is 5.72. The van der Waals surface area contributed by atoms with Crippen LogP contribution in [0.25, 0.3) is 0 Å². The Hall–Kier alpha value is -1.94. The van der Waals surface area contributed by atoms with Crippen LogP contribution in [-0.2, 0) is 21.3 Å². The molecule has 1 unspecified atom stereocenters. The third-order valence-electron chi connectivity index (χ3n) is 2.80. The van der Waals surface area contributed by atoms with Crippen molar-refractivity contribution >= 4 is 21.3 Å². The monoisotopic (exact) mass is 356 g/mol. The molecule has 1 atom stereocenters. The second kappa shape index (κ2) is 7.55. The Balaban J connectivity index is 2.06.